The highest BCUT2D eigenvalue weighted by atomic mass is 14.9. The zero-order chi connectivity index (χ0) is 5.28. The molecule has 0 spiro atoms. The lowest BCUT2D eigenvalue weighted by Crippen LogP contribution is -2.22. The molecule has 42 valence electrons. The molecular formula is C6H13N. The van der Waals surface area contributed by atoms with Crippen molar-refractivity contribution in [3.8, 4) is 0 Å². The smallest absolute Gasteiger partial charge is 0.00640 e. The molecule has 0 aromatic heterocycles. The highest BCUT2D eigenvalue weighted by Crippen LogP contribution is 2.31. The Morgan fingerprint density at radius 2 is 2.14 bits per heavy atom. The molecule has 1 heteroatoms. The first-order valence-electron chi connectivity index (χ1n) is 3.02. The van der Waals surface area contributed by atoms with Crippen LogP contribution in [0.2, 0.25) is 0 Å². The summed E-state index contributed by atoms with van der Waals surface area (Å²) in [4.78, 5) is 0. The van der Waals surface area contributed by atoms with Gasteiger partial charge in [-0.2, -0.15) is 0 Å². The first kappa shape index (κ1) is 5.10. The van der Waals surface area contributed by atoms with E-state index in [2.05, 4.69) is 12.2 Å². The molecule has 0 aromatic carbocycles. The second kappa shape index (κ2) is 1.83. The van der Waals surface area contributed by atoms with E-state index in [1.165, 1.54) is 12.8 Å². The molecule has 1 aliphatic rings. The van der Waals surface area contributed by atoms with Crippen LogP contribution in [-0.2, 0) is 0 Å². The standard InChI is InChI=1S/C6H13N/c1-5(7-2)6-3-4-6/h5-7H,3-4H2,1-2H3. The van der Waals surface area contributed by atoms with Crippen LogP contribution in [0.4, 0.5) is 0 Å². The first-order chi connectivity index (χ1) is 3.34. The van der Waals surface area contributed by atoms with Gasteiger partial charge in [0.15, 0.2) is 0 Å². The summed E-state index contributed by atoms with van der Waals surface area (Å²) in [5.74, 6) is 1.00. The summed E-state index contributed by atoms with van der Waals surface area (Å²) in [6.45, 7) is 2.25. The van der Waals surface area contributed by atoms with Gasteiger partial charge in [-0.05, 0) is 32.7 Å². The van der Waals surface area contributed by atoms with E-state index in [9.17, 15) is 0 Å². The van der Waals surface area contributed by atoms with E-state index < -0.39 is 0 Å². The van der Waals surface area contributed by atoms with Crippen molar-refractivity contribution >= 4 is 0 Å². The van der Waals surface area contributed by atoms with Gasteiger partial charge in [-0.25, -0.2) is 0 Å². The zero-order valence-electron chi connectivity index (χ0n) is 5.07. The molecule has 0 amide bonds. The number of hydrogen-bond donors (Lipinski definition) is 1. The topological polar surface area (TPSA) is 12.0 Å². The van der Waals surface area contributed by atoms with Gasteiger partial charge >= 0.3 is 0 Å². The van der Waals surface area contributed by atoms with Crippen molar-refractivity contribution in [2.45, 2.75) is 25.8 Å². The van der Waals surface area contributed by atoms with Crippen LogP contribution in [0.5, 0.6) is 0 Å². The lowest BCUT2D eigenvalue weighted by atomic mass is 10.2. The van der Waals surface area contributed by atoms with Crippen molar-refractivity contribution in [3.05, 3.63) is 0 Å². The van der Waals surface area contributed by atoms with Crippen LogP contribution in [0.1, 0.15) is 19.8 Å². The summed E-state index contributed by atoms with van der Waals surface area (Å²) in [5, 5.41) is 3.23. The van der Waals surface area contributed by atoms with E-state index in [1.54, 1.807) is 0 Å². The maximum absolute atomic E-state index is 3.23. The predicted molar refractivity (Wildman–Crippen MR) is 31.2 cm³/mol. The largest absolute Gasteiger partial charge is 0.317 e. The molecule has 1 unspecified atom stereocenters. The Morgan fingerprint density at radius 1 is 1.57 bits per heavy atom. The third kappa shape index (κ3) is 1.16. The van der Waals surface area contributed by atoms with Crippen LogP contribution in [-0.4, -0.2) is 13.1 Å². The molecular weight excluding hydrogens is 86.1 g/mol. The second-order valence-corrected chi connectivity index (χ2v) is 2.41. The molecule has 0 heterocycles. The first-order valence-corrected chi connectivity index (χ1v) is 3.02. The Labute approximate surface area is 45.1 Å². The van der Waals surface area contributed by atoms with E-state index in [1.807, 2.05) is 7.05 Å². The van der Waals surface area contributed by atoms with E-state index in [-0.39, 0.29) is 0 Å². The number of nitrogens with one attached hydrogen (secondary N) is 1. The average Bonchev–Trinajstić information content (AvgIpc) is 2.44. The molecule has 0 aliphatic heterocycles. The molecule has 1 saturated carbocycles. The summed E-state index contributed by atoms with van der Waals surface area (Å²) in [7, 11) is 2.03. The van der Waals surface area contributed by atoms with Crippen LogP contribution in [0.25, 0.3) is 0 Å². The molecule has 1 aliphatic carbocycles. The highest BCUT2D eigenvalue weighted by molar-refractivity contribution is 4.81. The van der Waals surface area contributed by atoms with Crippen LogP contribution in [0.15, 0.2) is 0 Å². The maximum atomic E-state index is 3.23. The Hall–Kier alpha value is -0.0400. The van der Waals surface area contributed by atoms with E-state index in [4.69, 9.17) is 0 Å². The SMILES string of the molecule is CNC(C)C1CC1. The summed E-state index contributed by atoms with van der Waals surface area (Å²) in [6.07, 6.45) is 2.89. The fraction of sp³-hybridized carbons (Fsp3) is 1.00. The lowest BCUT2D eigenvalue weighted by molar-refractivity contribution is 0.546. The van der Waals surface area contributed by atoms with Crippen LogP contribution < -0.4 is 5.32 Å². The molecule has 0 saturated heterocycles. The van der Waals surface area contributed by atoms with Crippen molar-refractivity contribution < 1.29 is 0 Å². The monoisotopic (exact) mass is 99.1 g/mol. The number of hydrogen-bond acceptors (Lipinski definition) is 1. The summed E-state index contributed by atoms with van der Waals surface area (Å²) < 4.78 is 0. The minimum Gasteiger partial charge on any atom is -0.317 e. The second-order valence-electron chi connectivity index (χ2n) is 2.41. The van der Waals surface area contributed by atoms with Crippen LogP contribution in [0, 0.1) is 5.92 Å². The van der Waals surface area contributed by atoms with Crippen LogP contribution >= 0.6 is 0 Å². The maximum Gasteiger partial charge on any atom is 0.00640 e. The van der Waals surface area contributed by atoms with Crippen molar-refractivity contribution in [2.75, 3.05) is 7.05 Å². The minimum atomic E-state index is 0.764. The number of rotatable bonds is 2. The fourth-order valence-electron chi connectivity index (χ4n) is 0.832. The van der Waals surface area contributed by atoms with Gasteiger partial charge < -0.3 is 5.32 Å². The highest BCUT2D eigenvalue weighted by Gasteiger charge is 2.26. The zero-order valence-corrected chi connectivity index (χ0v) is 5.07. The third-order valence-corrected chi connectivity index (χ3v) is 1.78. The average molecular weight is 99.2 g/mol. The van der Waals surface area contributed by atoms with Crippen molar-refractivity contribution in [3.63, 3.8) is 0 Å². The van der Waals surface area contributed by atoms with Gasteiger partial charge in [0, 0.05) is 6.04 Å². The minimum absolute atomic E-state index is 0.764. The summed E-state index contributed by atoms with van der Waals surface area (Å²) in [5.41, 5.74) is 0. The molecule has 7 heavy (non-hydrogen) atoms. The fourth-order valence-corrected chi connectivity index (χ4v) is 0.832. The predicted octanol–water partition coefficient (Wildman–Crippen LogP) is 1.00. The molecule has 1 fully saturated rings. The third-order valence-electron chi connectivity index (χ3n) is 1.78. The van der Waals surface area contributed by atoms with Crippen molar-refractivity contribution in [1.29, 1.82) is 0 Å². The van der Waals surface area contributed by atoms with E-state index in [0.717, 1.165) is 12.0 Å². The molecule has 0 aromatic rings. The molecule has 1 rings (SSSR count). The molecule has 1 N–H and O–H groups in total. The Bertz CT molecular complexity index is 57.2. The van der Waals surface area contributed by atoms with Gasteiger partial charge in [0.25, 0.3) is 0 Å². The molecule has 0 bridgehead atoms. The van der Waals surface area contributed by atoms with E-state index >= 15 is 0 Å². The molecule has 1 nitrogen and oxygen atoms in total. The van der Waals surface area contributed by atoms with Gasteiger partial charge in [-0.15, -0.1) is 0 Å². The molecule has 0 radical (unpaired) electrons. The van der Waals surface area contributed by atoms with Gasteiger partial charge in [0.05, 0.1) is 0 Å². The van der Waals surface area contributed by atoms with Gasteiger partial charge in [-0.1, -0.05) is 0 Å². The summed E-state index contributed by atoms with van der Waals surface area (Å²) in [6, 6.07) is 0.764. The van der Waals surface area contributed by atoms with Crippen molar-refractivity contribution in [1.82, 2.24) is 5.32 Å². The van der Waals surface area contributed by atoms with Crippen LogP contribution in [0.3, 0.4) is 0 Å². The van der Waals surface area contributed by atoms with Crippen molar-refractivity contribution in [2.24, 2.45) is 5.92 Å². The Morgan fingerprint density at radius 3 is 2.29 bits per heavy atom. The Kier molecular flexibility index (Phi) is 1.33. The quantitative estimate of drug-likeness (QED) is 0.544. The Balaban J connectivity index is 2.10. The normalized spacial score (nSPS) is 24.9. The van der Waals surface area contributed by atoms with Gasteiger partial charge in [0.2, 0.25) is 0 Å². The lowest BCUT2D eigenvalue weighted by Gasteiger charge is -2.04. The summed E-state index contributed by atoms with van der Waals surface area (Å²) >= 11 is 0. The van der Waals surface area contributed by atoms with Gasteiger partial charge in [-0.3, -0.25) is 0 Å². The van der Waals surface area contributed by atoms with E-state index in [0.29, 0.717) is 0 Å². The molecule has 1 atom stereocenters. The van der Waals surface area contributed by atoms with Gasteiger partial charge in [0.1, 0.15) is 0 Å².